The van der Waals surface area contributed by atoms with E-state index >= 15 is 0 Å². The first-order valence-electron chi connectivity index (χ1n) is 10.5. The number of phenols is 1. The number of benzene rings is 1. The number of hydrogen-bond acceptors (Lipinski definition) is 8. The molecule has 3 N–H and O–H groups in total. The van der Waals surface area contributed by atoms with Crippen LogP contribution in [0.3, 0.4) is 0 Å². The number of halogens is 3. The quantitative estimate of drug-likeness (QED) is 0.333. The van der Waals surface area contributed by atoms with Crippen LogP contribution in [0.1, 0.15) is 54.3 Å². The number of furan rings is 1. The Morgan fingerprint density at radius 1 is 1.20 bits per heavy atom. The number of rotatable bonds is 6. The second-order valence-corrected chi connectivity index (χ2v) is 9.23. The Morgan fingerprint density at radius 2 is 1.86 bits per heavy atom. The van der Waals surface area contributed by atoms with Gasteiger partial charge in [0.2, 0.25) is 0 Å². The molecular formula is C22H26F3N5O5. The van der Waals surface area contributed by atoms with E-state index in [1.54, 1.807) is 19.1 Å². The largest absolute Gasteiger partial charge is 0.505 e. The molecule has 3 aromatic rings. The van der Waals surface area contributed by atoms with Crippen molar-refractivity contribution >= 4 is 23.2 Å². The monoisotopic (exact) mass is 497 g/mol. The van der Waals surface area contributed by atoms with Gasteiger partial charge in [-0.05, 0) is 36.3 Å². The number of amides is 1. The lowest BCUT2D eigenvalue weighted by molar-refractivity contribution is -0.791. The third-order valence-electron chi connectivity index (χ3n) is 5.16. The molecule has 0 saturated heterocycles. The number of aryl methyl sites for hydroxylation is 1. The summed E-state index contributed by atoms with van der Waals surface area (Å²) >= 11 is 0. The first-order valence-corrected chi connectivity index (χ1v) is 10.5. The van der Waals surface area contributed by atoms with Gasteiger partial charge in [-0.25, -0.2) is 0 Å². The first-order chi connectivity index (χ1) is 16.1. The highest BCUT2D eigenvalue weighted by Crippen LogP contribution is 2.42. The fourth-order valence-electron chi connectivity index (χ4n) is 3.41. The predicted molar refractivity (Wildman–Crippen MR) is 119 cm³/mol. The maximum Gasteiger partial charge on any atom is 0.417 e. The van der Waals surface area contributed by atoms with Gasteiger partial charge in [0.25, 0.3) is 5.91 Å². The van der Waals surface area contributed by atoms with E-state index < -0.39 is 40.4 Å². The average molecular weight is 497 g/mol. The number of nitrogens with zero attached hydrogens (tertiary/aromatic N) is 3. The van der Waals surface area contributed by atoms with Gasteiger partial charge in [0.15, 0.2) is 5.75 Å². The van der Waals surface area contributed by atoms with Crippen molar-refractivity contribution < 1.29 is 37.0 Å². The molecule has 0 unspecified atom stereocenters. The third kappa shape index (κ3) is 5.28. The van der Waals surface area contributed by atoms with Crippen LogP contribution in [0.5, 0.6) is 5.75 Å². The number of carbonyl (C=O) groups excluding carboxylic acids is 1. The van der Waals surface area contributed by atoms with Gasteiger partial charge in [-0.3, -0.25) is 10.1 Å². The molecule has 1 amide bonds. The Kier molecular flexibility index (Phi) is 6.64. The topological polar surface area (TPSA) is 131 Å². The second-order valence-electron chi connectivity index (χ2n) is 9.23. The summed E-state index contributed by atoms with van der Waals surface area (Å²) < 4.78 is 50.9. The zero-order valence-corrected chi connectivity index (χ0v) is 19.9. The van der Waals surface area contributed by atoms with Crippen molar-refractivity contribution in [2.24, 2.45) is 5.41 Å². The van der Waals surface area contributed by atoms with E-state index in [0.717, 1.165) is 11.0 Å². The molecule has 0 spiro atoms. The first kappa shape index (κ1) is 25.7. The molecule has 35 heavy (non-hydrogen) atoms. The molecule has 190 valence electrons. The molecule has 0 fully saturated rings. The molecule has 0 aliphatic carbocycles. The van der Waals surface area contributed by atoms with Gasteiger partial charge in [0, 0.05) is 19.5 Å². The summed E-state index contributed by atoms with van der Waals surface area (Å²) in [5.74, 6) is -1.27. The molecule has 13 heteroatoms. The van der Waals surface area contributed by atoms with Gasteiger partial charge in [-0.1, -0.05) is 25.7 Å². The molecule has 1 atom stereocenters. The van der Waals surface area contributed by atoms with Crippen molar-refractivity contribution in [2.75, 3.05) is 24.7 Å². The van der Waals surface area contributed by atoms with Crippen molar-refractivity contribution in [3.05, 3.63) is 52.1 Å². The lowest BCUT2D eigenvalue weighted by Gasteiger charge is -2.27. The SMILES string of the molecule is Cc1ccc([C@H](Nc2c(Nc3ccc(C(F)(F)F)c(C(=O)N(C)C)c3O)no[n+]2[O-])C(C)(C)C)o1. The number of aromatic hydroxyl groups is 1. The predicted octanol–water partition coefficient (Wildman–Crippen LogP) is 4.58. The van der Waals surface area contributed by atoms with Crippen molar-refractivity contribution in [1.29, 1.82) is 0 Å². The van der Waals surface area contributed by atoms with Crippen LogP contribution >= 0.6 is 0 Å². The summed E-state index contributed by atoms with van der Waals surface area (Å²) in [4.78, 5) is 13.4. The number of hydrogen-bond donors (Lipinski definition) is 3. The molecule has 1 aromatic carbocycles. The number of nitrogens with one attached hydrogen (secondary N) is 2. The zero-order chi connectivity index (χ0) is 26.3. The van der Waals surface area contributed by atoms with Crippen LogP contribution in [-0.4, -0.2) is 35.2 Å². The van der Waals surface area contributed by atoms with Crippen LogP contribution in [0.4, 0.5) is 30.5 Å². The summed E-state index contributed by atoms with van der Waals surface area (Å²) in [7, 11) is 2.51. The molecule has 2 heterocycles. The fourth-order valence-corrected chi connectivity index (χ4v) is 3.41. The van der Waals surface area contributed by atoms with Crippen molar-refractivity contribution in [3.63, 3.8) is 0 Å². The molecule has 0 radical (unpaired) electrons. The summed E-state index contributed by atoms with van der Waals surface area (Å²) in [6.45, 7) is 7.47. The highest BCUT2D eigenvalue weighted by molar-refractivity contribution is 6.00. The molecule has 0 saturated carbocycles. The molecule has 0 aliphatic heterocycles. The maximum absolute atomic E-state index is 13.5. The maximum atomic E-state index is 13.5. The number of anilines is 3. The van der Waals surface area contributed by atoms with E-state index in [9.17, 15) is 28.3 Å². The van der Waals surface area contributed by atoms with Crippen molar-refractivity contribution in [2.45, 2.75) is 39.9 Å². The summed E-state index contributed by atoms with van der Waals surface area (Å²) in [6.07, 6.45) is -4.89. The molecular weight excluding hydrogens is 471 g/mol. The minimum absolute atomic E-state index is 0.0733. The van der Waals surface area contributed by atoms with Crippen molar-refractivity contribution in [3.8, 4) is 5.75 Å². The van der Waals surface area contributed by atoms with Crippen LogP contribution in [0.2, 0.25) is 0 Å². The summed E-state index contributed by atoms with van der Waals surface area (Å²) in [5, 5.41) is 32.1. The van der Waals surface area contributed by atoms with Gasteiger partial charge in [-0.2, -0.15) is 13.2 Å². The molecule has 3 rings (SSSR count). The van der Waals surface area contributed by atoms with E-state index in [4.69, 9.17) is 4.42 Å². The third-order valence-corrected chi connectivity index (χ3v) is 5.16. The number of aromatic nitrogens is 2. The van der Waals surface area contributed by atoms with Crippen LogP contribution < -0.4 is 15.5 Å². The Labute approximate surface area is 198 Å². The van der Waals surface area contributed by atoms with Gasteiger partial charge in [0.05, 0.1) is 16.8 Å². The molecule has 10 nitrogen and oxygen atoms in total. The Hall–Kier alpha value is -3.90. The van der Waals surface area contributed by atoms with Gasteiger partial charge < -0.3 is 29.6 Å². The van der Waals surface area contributed by atoms with E-state index in [0.29, 0.717) is 17.6 Å². The number of phenolic OH excluding ortho intramolecular Hbond substituents is 1. The minimum atomic E-state index is -4.89. The van der Waals surface area contributed by atoms with Crippen LogP contribution in [0.15, 0.2) is 33.3 Å². The van der Waals surface area contributed by atoms with E-state index in [2.05, 4.69) is 20.4 Å². The van der Waals surface area contributed by atoms with Crippen LogP contribution in [-0.2, 0) is 6.18 Å². The van der Waals surface area contributed by atoms with E-state index in [1.165, 1.54) is 14.1 Å². The van der Waals surface area contributed by atoms with E-state index in [-0.39, 0.29) is 22.2 Å². The lowest BCUT2D eigenvalue weighted by Crippen LogP contribution is -2.33. The summed E-state index contributed by atoms with van der Waals surface area (Å²) in [6, 6.07) is 4.55. The number of carbonyl (C=O) groups is 1. The number of alkyl halides is 3. The standard InChI is InChI=1S/C22H26F3N5O5/c1-11-7-10-14(34-11)17(21(2,3)4)27-19-18(28-35-30(19)33)26-13-9-8-12(22(23,24)25)15(16(13)31)20(32)29(5)6/h7-10,17,27,31H,1-6H3,(H,26,28)/t17-/m0/s1. The van der Waals surface area contributed by atoms with Crippen LogP contribution in [0, 0.1) is 17.5 Å². The van der Waals surface area contributed by atoms with Gasteiger partial charge in [0.1, 0.15) is 17.6 Å². The van der Waals surface area contributed by atoms with Crippen molar-refractivity contribution in [1.82, 2.24) is 10.1 Å². The summed E-state index contributed by atoms with van der Waals surface area (Å²) in [5.41, 5.74) is -3.01. The molecule has 0 aliphatic rings. The smallest absolute Gasteiger partial charge is 0.417 e. The Morgan fingerprint density at radius 3 is 2.37 bits per heavy atom. The average Bonchev–Trinajstić information content (AvgIpc) is 3.30. The minimum Gasteiger partial charge on any atom is -0.505 e. The van der Waals surface area contributed by atoms with Crippen LogP contribution in [0.25, 0.3) is 0 Å². The second kappa shape index (κ2) is 9.04. The van der Waals surface area contributed by atoms with Gasteiger partial charge >= 0.3 is 17.8 Å². The zero-order valence-electron chi connectivity index (χ0n) is 19.9. The highest BCUT2D eigenvalue weighted by atomic mass is 19.4. The molecule has 0 bridgehead atoms. The normalized spacial score (nSPS) is 12.9. The molecule has 2 aromatic heterocycles. The Balaban J connectivity index is 2.04. The highest BCUT2D eigenvalue weighted by Gasteiger charge is 2.39. The van der Waals surface area contributed by atoms with Gasteiger partial charge in [-0.15, -0.1) is 0 Å². The van der Waals surface area contributed by atoms with E-state index in [1.807, 2.05) is 20.8 Å². The Bertz CT molecular complexity index is 1230. The fraction of sp³-hybridized carbons (Fsp3) is 0.409. The lowest BCUT2D eigenvalue weighted by atomic mass is 9.85.